The molecule has 1 aromatic heterocycles. The Morgan fingerprint density at radius 1 is 1.04 bits per heavy atom. The average Bonchev–Trinajstić information content (AvgIpc) is 2.88. The number of carbonyl (C=O) groups is 1. The molecule has 2 nitrogen and oxygen atoms in total. The molecule has 0 amide bonds. The van der Waals surface area contributed by atoms with Gasteiger partial charge < -0.3 is 5.73 Å². The average molecular weight is 335 g/mol. The van der Waals surface area contributed by atoms with Crippen molar-refractivity contribution >= 4 is 32.9 Å². The van der Waals surface area contributed by atoms with Gasteiger partial charge in [0, 0.05) is 15.6 Å². The van der Waals surface area contributed by atoms with Crippen LogP contribution in [0.2, 0.25) is 0 Å². The Labute approximate surface area is 146 Å². The van der Waals surface area contributed by atoms with Crippen LogP contribution in [-0.2, 0) is 12.8 Å². The standard InChI is InChI=1S/C21H21NOS/c1-12-7-8-16(13(2)9-12)20(23)21-19(22)17-10-14-5-3-4-6-15(14)11-18(17)24-21/h7-11H,3-6,22H2,1-2H3. The van der Waals surface area contributed by atoms with E-state index in [1.165, 1.54) is 40.9 Å². The van der Waals surface area contributed by atoms with Crippen LogP contribution in [0.15, 0.2) is 30.3 Å². The van der Waals surface area contributed by atoms with Crippen molar-refractivity contribution < 1.29 is 4.79 Å². The summed E-state index contributed by atoms with van der Waals surface area (Å²) in [6.07, 6.45) is 4.77. The zero-order chi connectivity index (χ0) is 16.8. The summed E-state index contributed by atoms with van der Waals surface area (Å²) in [4.78, 5) is 13.7. The van der Waals surface area contributed by atoms with Gasteiger partial charge in [0.05, 0.1) is 10.6 Å². The van der Waals surface area contributed by atoms with Crippen molar-refractivity contribution in [1.29, 1.82) is 0 Å². The minimum Gasteiger partial charge on any atom is -0.397 e. The highest BCUT2D eigenvalue weighted by Gasteiger charge is 2.21. The molecule has 1 aliphatic carbocycles. The summed E-state index contributed by atoms with van der Waals surface area (Å²) in [7, 11) is 0. The van der Waals surface area contributed by atoms with E-state index in [-0.39, 0.29) is 5.78 Å². The normalized spacial score (nSPS) is 13.9. The lowest BCUT2D eigenvalue weighted by atomic mass is 9.90. The number of aryl methyl sites for hydroxylation is 4. The number of nitrogens with two attached hydrogens (primary N) is 1. The minimum absolute atomic E-state index is 0.0455. The maximum absolute atomic E-state index is 13.0. The Balaban J connectivity index is 1.84. The van der Waals surface area contributed by atoms with Gasteiger partial charge in [-0.05, 0) is 68.4 Å². The summed E-state index contributed by atoms with van der Waals surface area (Å²) >= 11 is 1.54. The zero-order valence-corrected chi connectivity index (χ0v) is 14.9. The number of benzene rings is 2. The van der Waals surface area contributed by atoms with Gasteiger partial charge in [-0.3, -0.25) is 4.79 Å². The quantitative estimate of drug-likeness (QED) is 0.653. The molecule has 1 heterocycles. The molecular formula is C21H21NOS. The van der Waals surface area contributed by atoms with Crippen LogP contribution in [0.1, 0.15) is 50.3 Å². The third kappa shape index (κ3) is 2.44. The van der Waals surface area contributed by atoms with Crippen molar-refractivity contribution in [2.24, 2.45) is 0 Å². The van der Waals surface area contributed by atoms with Gasteiger partial charge in [-0.15, -0.1) is 11.3 Å². The van der Waals surface area contributed by atoms with Gasteiger partial charge in [0.15, 0.2) is 0 Å². The van der Waals surface area contributed by atoms with E-state index >= 15 is 0 Å². The fraction of sp³-hybridized carbons (Fsp3) is 0.286. The van der Waals surface area contributed by atoms with E-state index in [1.54, 1.807) is 0 Å². The van der Waals surface area contributed by atoms with Crippen LogP contribution in [-0.4, -0.2) is 5.78 Å². The Kier molecular flexibility index (Phi) is 3.69. The number of nitrogen functional groups attached to an aromatic ring is 1. The molecule has 2 aromatic carbocycles. The molecule has 0 spiro atoms. The lowest BCUT2D eigenvalue weighted by Crippen LogP contribution is -2.04. The number of rotatable bonds is 2. The number of hydrogen-bond donors (Lipinski definition) is 1. The van der Waals surface area contributed by atoms with Crippen molar-refractivity contribution in [3.05, 3.63) is 63.0 Å². The van der Waals surface area contributed by atoms with E-state index in [0.717, 1.165) is 34.1 Å². The third-order valence-corrected chi connectivity index (χ3v) is 6.19. The fourth-order valence-electron chi connectivity index (χ4n) is 3.70. The number of ketones is 1. The number of carbonyl (C=O) groups excluding carboxylic acids is 1. The van der Waals surface area contributed by atoms with Gasteiger partial charge >= 0.3 is 0 Å². The maximum Gasteiger partial charge on any atom is 0.205 e. The summed E-state index contributed by atoms with van der Waals surface area (Å²) in [6, 6.07) is 10.4. The summed E-state index contributed by atoms with van der Waals surface area (Å²) in [6.45, 7) is 4.03. The van der Waals surface area contributed by atoms with Gasteiger partial charge in [0.2, 0.25) is 5.78 Å². The van der Waals surface area contributed by atoms with E-state index in [1.807, 2.05) is 26.0 Å². The molecule has 0 fully saturated rings. The first-order valence-corrected chi connectivity index (χ1v) is 9.32. The molecule has 0 aliphatic heterocycles. The predicted molar refractivity (Wildman–Crippen MR) is 102 cm³/mol. The van der Waals surface area contributed by atoms with Gasteiger partial charge in [0.25, 0.3) is 0 Å². The largest absolute Gasteiger partial charge is 0.397 e. The van der Waals surface area contributed by atoms with Gasteiger partial charge in [-0.2, -0.15) is 0 Å². The van der Waals surface area contributed by atoms with Gasteiger partial charge in [-0.25, -0.2) is 0 Å². The lowest BCUT2D eigenvalue weighted by Gasteiger charge is -2.15. The molecule has 0 unspecified atom stereocenters. The third-order valence-electron chi connectivity index (χ3n) is 5.02. The SMILES string of the molecule is Cc1ccc(C(=O)c2sc3cc4c(cc3c2N)CCCC4)c(C)c1. The second-order valence-electron chi connectivity index (χ2n) is 6.82. The number of thiophene rings is 1. The molecule has 2 N–H and O–H groups in total. The highest BCUT2D eigenvalue weighted by molar-refractivity contribution is 7.21. The van der Waals surface area contributed by atoms with Crippen molar-refractivity contribution in [2.45, 2.75) is 39.5 Å². The molecule has 0 bridgehead atoms. The van der Waals surface area contributed by atoms with Crippen LogP contribution in [0.5, 0.6) is 0 Å². The van der Waals surface area contributed by atoms with Crippen LogP contribution in [0, 0.1) is 13.8 Å². The Morgan fingerprint density at radius 2 is 1.75 bits per heavy atom. The first kappa shape index (κ1) is 15.4. The monoisotopic (exact) mass is 335 g/mol. The predicted octanol–water partition coefficient (Wildman–Crippen LogP) is 5.21. The van der Waals surface area contributed by atoms with E-state index in [4.69, 9.17) is 5.73 Å². The molecule has 4 rings (SSSR count). The molecule has 0 saturated carbocycles. The minimum atomic E-state index is 0.0455. The highest BCUT2D eigenvalue weighted by Crippen LogP contribution is 2.38. The first-order chi connectivity index (χ1) is 11.5. The zero-order valence-electron chi connectivity index (χ0n) is 14.1. The maximum atomic E-state index is 13.0. The van der Waals surface area contributed by atoms with Crippen LogP contribution in [0.4, 0.5) is 5.69 Å². The second-order valence-corrected chi connectivity index (χ2v) is 7.87. The first-order valence-electron chi connectivity index (χ1n) is 8.50. The molecule has 1 aliphatic rings. The van der Waals surface area contributed by atoms with Crippen LogP contribution in [0.3, 0.4) is 0 Å². The Morgan fingerprint density at radius 3 is 2.46 bits per heavy atom. The van der Waals surface area contributed by atoms with E-state index in [2.05, 4.69) is 18.2 Å². The van der Waals surface area contributed by atoms with Crippen LogP contribution >= 0.6 is 11.3 Å². The molecule has 0 saturated heterocycles. The van der Waals surface area contributed by atoms with E-state index in [0.29, 0.717) is 10.6 Å². The van der Waals surface area contributed by atoms with Crippen molar-refractivity contribution in [2.75, 3.05) is 5.73 Å². The number of anilines is 1. The topological polar surface area (TPSA) is 43.1 Å². The van der Waals surface area contributed by atoms with Crippen molar-refractivity contribution in [1.82, 2.24) is 0 Å². The van der Waals surface area contributed by atoms with E-state index < -0.39 is 0 Å². The second kappa shape index (κ2) is 5.75. The Bertz CT molecular complexity index is 968. The molecule has 0 radical (unpaired) electrons. The molecule has 24 heavy (non-hydrogen) atoms. The van der Waals surface area contributed by atoms with Crippen LogP contribution < -0.4 is 5.73 Å². The molecule has 122 valence electrons. The molecule has 3 aromatic rings. The molecular weight excluding hydrogens is 314 g/mol. The van der Waals surface area contributed by atoms with Crippen molar-refractivity contribution in [3.8, 4) is 0 Å². The summed E-state index contributed by atoms with van der Waals surface area (Å²) < 4.78 is 1.14. The van der Waals surface area contributed by atoms with Crippen molar-refractivity contribution in [3.63, 3.8) is 0 Å². The fourth-order valence-corrected chi connectivity index (χ4v) is 4.83. The molecule has 3 heteroatoms. The van der Waals surface area contributed by atoms with Crippen LogP contribution in [0.25, 0.3) is 10.1 Å². The van der Waals surface area contributed by atoms with Gasteiger partial charge in [0.1, 0.15) is 0 Å². The highest BCUT2D eigenvalue weighted by atomic mass is 32.1. The summed E-state index contributed by atoms with van der Waals surface area (Å²) in [5.74, 6) is 0.0455. The molecule has 0 atom stereocenters. The number of hydrogen-bond acceptors (Lipinski definition) is 3. The van der Waals surface area contributed by atoms with E-state index in [9.17, 15) is 4.79 Å². The summed E-state index contributed by atoms with van der Waals surface area (Å²) in [5.41, 5.74) is 12.8. The number of fused-ring (bicyclic) bond motifs is 2. The summed E-state index contributed by atoms with van der Waals surface area (Å²) in [5, 5.41) is 1.05. The lowest BCUT2D eigenvalue weighted by molar-refractivity contribution is 0.104. The smallest absolute Gasteiger partial charge is 0.205 e. The van der Waals surface area contributed by atoms with Gasteiger partial charge in [-0.1, -0.05) is 23.8 Å². The Hall–Kier alpha value is -2.13.